The third kappa shape index (κ3) is 2.77. The van der Waals surface area contributed by atoms with Crippen LogP contribution in [0.4, 0.5) is 0 Å². The molecule has 2 heterocycles. The van der Waals surface area contributed by atoms with E-state index in [9.17, 15) is 0 Å². The van der Waals surface area contributed by atoms with Gasteiger partial charge >= 0.3 is 0 Å². The van der Waals surface area contributed by atoms with Gasteiger partial charge in [0.1, 0.15) is 0 Å². The number of aromatic nitrogens is 1. The van der Waals surface area contributed by atoms with E-state index in [4.69, 9.17) is 0 Å². The highest BCUT2D eigenvalue weighted by Gasteiger charge is 2.36. The van der Waals surface area contributed by atoms with Crippen LogP contribution in [-0.2, 0) is 5.41 Å². The molecular weight excluding hydrogens is 482 g/mol. The Hall–Kier alpha value is -4.62. The fourth-order valence-electron chi connectivity index (χ4n) is 7.76. The van der Waals surface area contributed by atoms with Gasteiger partial charge in [-0.3, -0.25) is 0 Å². The lowest BCUT2D eigenvalue weighted by Crippen LogP contribution is -2.28. The Balaban J connectivity index is 1.42. The van der Waals surface area contributed by atoms with Gasteiger partial charge in [0.2, 0.25) is 0 Å². The van der Waals surface area contributed by atoms with E-state index in [-0.39, 0.29) is 5.41 Å². The topological polar surface area (TPSA) is 4.93 Å². The van der Waals surface area contributed by atoms with Gasteiger partial charge in [0.05, 0.1) is 11.0 Å². The fourth-order valence-corrected chi connectivity index (χ4v) is 7.76. The summed E-state index contributed by atoms with van der Waals surface area (Å²) in [6.45, 7) is 4.82. The van der Waals surface area contributed by atoms with Gasteiger partial charge in [0.15, 0.2) is 0 Å². The van der Waals surface area contributed by atoms with Crippen molar-refractivity contribution in [2.75, 3.05) is 0 Å². The van der Waals surface area contributed by atoms with Gasteiger partial charge in [0, 0.05) is 21.9 Å². The van der Waals surface area contributed by atoms with Gasteiger partial charge in [0.25, 0.3) is 0 Å². The normalized spacial score (nSPS) is 16.1. The minimum atomic E-state index is 0.0280. The smallest absolute Gasteiger partial charge is 0.0581 e. The maximum atomic E-state index is 2.55. The Morgan fingerprint density at radius 1 is 0.650 bits per heavy atom. The lowest BCUT2D eigenvalue weighted by Gasteiger charge is -2.37. The summed E-state index contributed by atoms with van der Waals surface area (Å²) >= 11 is 0. The van der Waals surface area contributed by atoms with E-state index < -0.39 is 0 Å². The van der Waals surface area contributed by atoms with Crippen molar-refractivity contribution < 1.29 is 0 Å². The van der Waals surface area contributed by atoms with Crippen molar-refractivity contribution in [3.63, 3.8) is 0 Å². The monoisotopic (exact) mass is 511 g/mol. The molecule has 0 amide bonds. The van der Waals surface area contributed by atoms with E-state index in [1.54, 1.807) is 5.57 Å². The molecular formula is C39H29N. The molecule has 190 valence electrons. The summed E-state index contributed by atoms with van der Waals surface area (Å²) in [5, 5.41) is 10.5. The molecule has 1 aromatic heterocycles. The second-order valence-electron chi connectivity index (χ2n) is 12.1. The van der Waals surface area contributed by atoms with Crippen LogP contribution in [0.2, 0.25) is 0 Å². The summed E-state index contributed by atoms with van der Waals surface area (Å²) in [5.41, 5.74) is 9.66. The van der Waals surface area contributed by atoms with E-state index >= 15 is 0 Å². The number of para-hydroxylation sites is 1. The van der Waals surface area contributed by atoms with Crippen LogP contribution in [0.3, 0.4) is 0 Å². The van der Waals surface area contributed by atoms with Gasteiger partial charge < -0.3 is 4.57 Å². The maximum absolute atomic E-state index is 2.55. The molecule has 1 heteroatoms. The number of benzene rings is 6. The van der Waals surface area contributed by atoms with Crippen LogP contribution in [0.1, 0.15) is 32.3 Å². The Bertz CT molecular complexity index is 2290. The molecule has 0 fully saturated rings. The SMILES string of the molecule is CC1(C)C2=C(C=CCC2)n2c3ccc(-c4cc5ccccc5c5ccc6ccccc6c45)cc3c3cccc1c32. The zero-order chi connectivity index (χ0) is 26.6. The van der Waals surface area contributed by atoms with E-state index in [1.807, 2.05) is 0 Å². The average Bonchev–Trinajstić information content (AvgIpc) is 3.33. The minimum Gasteiger partial charge on any atom is -0.309 e. The molecule has 0 saturated carbocycles. The van der Waals surface area contributed by atoms with Gasteiger partial charge in [-0.05, 0) is 91.7 Å². The molecule has 40 heavy (non-hydrogen) atoms. The van der Waals surface area contributed by atoms with Crippen molar-refractivity contribution in [3.05, 3.63) is 126 Å². The second kappa shape index (κ2) is 7.73. The number of fused-ring (bicyclic) bond motifs is 9. The third-order valence-electron chi connectivity index (χ3n) is 9.66. The molecule has 7 aromatic rings. The molecule has 6 aromatic carbocycles. The van der Waals surface area contributed by atoms with Crippen LogP contribution in [0.25, 0.3) is 70.9 Å². The maximum Gasteiger partial charge on any atom is 0.0581 e. The summed E-state index contributed by atoms with van der Waals surface area (Å²) in [6, 6.07) is 38.7. The van der Waals surface area contributed by atoms with Crippen molar-refractivity contribution in [3.8, 4) is 11.1 Å². The summed E-state index contributed by atoms with van der Waals surface area (Å²) in [6.07, 6.45) is 6.97. The molecule has 1 aliphatic carbocycles. The van der Waals surface area contributed by atoms with Gasteiger partial charge in [-0.15, -0.1) is 0 Å². The highest BCUT2D eigenvalue weighted by atomic mass is 15.0. The zero-order valence-corrected chi connectivity index (χ0v) is 22.8. The molecule has 0 N–H and O–H groups in total. The summed E-state index contributed by atoms with van der Waals surface area (Å²) in [7, 11) is 0. The fraction of sp³-hybridized carbons (Fsp3) is 0.128. The molecule has 1 nitrogen and oxygen atoms in total. The number of hydrogen-bond acceptors (Lipinski definition) is 0. The summed E-state index contributed by atoms with van der Waals surface area (Å²) < 4.78 is 2.55. The minimum absolute atomic E-state index is 0.0280. The Morgan fingerprint density at radius 2 is 1.45 bits per heavy atom. The number of allylic oxidation sites excluding steroid dienone is 4. The lowest BCUT2D eigenvalue weighted by molar-refractivity contribution is 0.585. The van der Waals surface area contributed by atoms with Crippen molar-refractivity contribution in [1.82, 2.24) is 4.57 Å². The molecule has 9 rings (SSSR count). The first kappa shape index (κ1) is 22.2. The van der Waals surface area contributed by atoms with Gasteiger partial charge in [-0.25, -0.2) is 0 Å². The third-order valence-corrected chi connectivity index (χ3v) is 9.66. The van der Waals surface area contributed by atoms with Gasteiger partial charge in [-0.1, -0.05) is 105 Å². The first-order chi connectivity index (χ1) is 19.6. The molecule has 0 radical (unpaired) electrons. The standard InChI is InChI=1S/C39H29N/c1-39(2)33-15-7-8-17-36(33)40-35-21-19-26(23-32(35)30-14-9-16-34(39)38(30)40)31-22-25-11-4-5-12-27(25)29-20-18-24-10-3-6-13-28(24)37(29)31/h3-6,8-14,16-23H,7,15H2,1-2H3. The van der Waals surface area contributed by atoms with E-state index in [0.29, 0.717) is 0 Å². The quantitative estimate of drug-likeness (QED) is 0.193. The second-order valence-corrected chi connectivity index (χ2v) is 12.1. The Morgan fingerprint density at radius 3 is 2.35 bits per heavy atom. The van der Waals surface area contributed by atoms with Crippen LogP contribution in [0, 0.1) is 0 Å². The van der Waals surface area contributed by atoms with Crippen LogP contribution in [0.5, 0.6) is 0 Å². The average molecular weight is 512 g/mol. The van der Waals surface area contributed by atoms with E-state index in [1.165, 1.54) is 76.5 Å². The zero-order valence-electron chi connectivity index (χ0n) is 22.8. The molecule has 0 bridgehead atoms. The lowest BCUT2D eigenvalue weighted by atomic mass is 9.71. The van der Waals surface area contributed by atoms with Crippen LogP contribution in [0.15, 0.2) is 121 Å². The molecule has 1 aliphatic heterocycles. The highest BCUT2D eigenvalue weighted by molar-refractivity contribution is 6.23. The van der Waals surface area contributed by atoms with Crippen molar-refractivity contribution >= 4 is 59.8 Å². The number of rotatable bonds is 1. The molecule has 0 unspecified atom stereocenters. The van der Waals surface area contributed by atoms with Crippen LogP contribution < -0.4 is 0 Å². The molecule has 0 atom stereocenters. The molecule has 0 spiro atoms. The number of hydrogen-bond donors (Lipinski definition) is 0. The van der Waals surface area contributed by atoms with Crippen molar-refractivity contribution in [2.45, 2.75) is 32.1 Å². The van der Waals surface area contributed by atoms with E-state index in [2.05, 4.69) is 134 Å². The predicted molar refractivity (Wildman–Crippen MR) is 172 cm³/mol. The van der Waals surface area contributed by atoms with Crippen molar-refractivity contribution in [1.29, 1.82) is 0 Å². The highest BCUT2D eigenvalue weighted by Crippen LogP contribution is 2.50. The Kier molecular flexibility index (Phi) is 4.30. The van der Waals surface area contributed by atoms with Gasteiger partial charge in [-0.2, -0.15) is 0 Å². The van der Waals surface area contributed by atoms with Crippen molar-refractivity contribution in [2.24, 2.45) is 0 Å². The Labute approximate surface area is 233 Å². The predicted octanol–water partition coefficient (Wildman–Crippen LogP) is 10.8. The summed E-state index contributed by atoms with van der Waals surface area (Å²) in [5.74, 6) is 0. The van der Waals surface area contributed by atoms with E-state index in [0.717, 1.165) is 12.8 Å². The molecule has 2 aliphatic rings. The first-order valence-corrected chi connectivity index (χ1v) is 14.4. The summed E-state index contributed by atoms with van der Waals surface area (Å²) in [4.78, 5) is 0. The largest absolute Gasteiger partial charge is 0.309 e. The number of nitrogens with zero attached hydrogens (tertiary/aromatic N) is 1. The van der Waals surface area contributed by atoms with Crippen LogP contribution >= 0.6 is 0 Å². The first-order valence-electron chi connectivity index (χ1n) is 14.4. The van der Waals surface area contributed by atoms with Crippen LogP contribution in [-0.4, -0.2) is 4.57 Å². The molecule has 0 saturated heterocycles.